The molecule has 0 aromatic rings. The first kappa shape index (κ1) is 8.88. The highest BCUT2D eigenvalue weighted by atomic mass is 16.2. The van der Waals surface area contributed by atoms with E-state index in [0.717, 1.165) is 4.90 Å². The summed E-state index contributed by atoms with van der Waals surface area (Å²) in [7, 11) is 0. The predicted molar refractivity (Wildman–Crippen MR) is 38.0 cm³/mol. The van der Waals surface area contributed by atoms with Crippen LogP contribution in [0.25, 0.3) is 0 Å². The molecule has 0 bridgehead atoms. The van der Waals surface area contributed by atoms with Gasteiger partial charge in [-0.2, -0.15) is 0 Å². The molecule has 10 heavy (non-hydrogen) atoms. The minimum Gasteiger partial charge on any atom is -0.274 e. The summed E-state index contributed by atoms with van der Waals surface area (Å²) < 4.78 is 0. The number of imide groups is 1. The van der Waals surface area contributed by atoms with Crippen molar-refractivity contribution >= 4 is 11.8 Å². The second-order valence-corrected chi connectivity index (χ2v) is 1.89. The van der Waals surface area contributed by atoms with Crippen LogP contribution in [0, 0.1) is 0 Å². The van der Waals surface area contributed by atoms with E-state index < -0.39 is 0 Å². The van der Waals surface area contributed by atoms with Crippen LogP contribution >= 0.6 is 0 Å². The largest absolute Gasteiger partial charge is 0.274 e. The van der Waals surface area contributed by atoms with E-state index in [2.05, 4.69) is 0 Å². The third-order valence-electron chi connectivity index (χ3n) is 0.977. The van der Waals surface area contributed by atoms with Crippen molar-refractivity contribution in [3.05, 3.63) is 12.3 Å². The van der Waals surface area contributed by atoms with E-state index in [1.165, 1.54) is 20.0 Å². The molecule has 2 amide bonds. The number of amides is 2. The number of carbonyl (C=O) groups is 2. The number of carbonyl (C=O) groups excluding carboxylic acids is 2. The van der Waals surface area contributed by atoms with Crippen LogP contribution in [0.5, 0.6) is 0 Å². The molecule has 0 N–H and O–H groups in total. The minimum absolute atomic E-state index is 0.259. The van der Waals surface area contributed by atoms with Gasteiger partial charge in [-0.15, -0.1) is 0 Å². The summed E-state index contributed by atoms with van der Waals surface area (Å²) in [4.78, 5) is 22.3. The third kappa shape index (κ3) is 2.44. The summed E-state index contributed by atoms with van der Waals surface area (Å²) in [6.45, 7) is 4.45. The van der Waals surface area contributed by atoms with Crippen molar-refractivity contribution in [2.75, 3.05) is 0 Å². The lowest BCUT2D eigenvalue weighted by molar-refractivity contribution is -0.138. The molecule has 0 saturated carbocycles. The first-order valence-corrected chi connectivity index (χ1v) is 3.02. The molecule has 0 aromatic carbocycles. The summed E-state index contributed by atoms with van der Waals surface area (Å²) in [5, 5.41) is 0. The maximum Gasteiger partial charge on any atom is 0.230 e. The fraction of sp³-hybridized carbons (Fsp3) is 0.429. The Bertz CT molecular complexity index is 158. The topological polar surface area (TPSA) is 37.4 Å². The molecule has 0 rings (SSSR count). The summed E-state index contributed by atoms with van der Waals surface area (Å²) in [6.07, 6.45) is 3.09. The van der Waals surface area contributed by atoms with Gasteiger partial charge in [-0.05, 0) is 6.92 Å². The molecule has 56 valence electrons. The van der Waals surface area contributed by atoms with Gasteiger partial charge in [0.05, 0.1) is 0 Å². The van der Waals surface area contributed by atoms with E-state index in [4.69, 9.17) is 0 Å². The molecule has 0 unspecified atom stereocenters. The Labute approximate surface area is 60.3 Å². The Kier molecular flexibility index (Phi) is 3.39. The average molecular weight is 141 g/mol. The fourth-order valence-corrected chi connectivity index (χ4v) is 0.581. The first-order chi connectivity index (χ1) is 4.59. The molecular formula is C7H11NO2. The van der Waals surface area contributed by atoms with Crippen molar-refractivity contribution in [1.29, 1.82) is 0 Å². The van der Waals surface area contributed by atoms with Gasteiger partial charge in [0.15, 0.2) is 0 Å². The van der Waals surface area contributed by atoms with E-state index in [1.54, 1.807) is 13.0 Å². The Morgan fingerprint density at radius 2 is 1.60 bits per heavy atom. The molecule has 0 fully saturated rings. The average Bonchev–Trinajstić information content (AvgIpc) is 1.81. The zero-order valence-electron chi connectivity index (χ0n) is 6.42. The summed E-state index contributed by atoms with van der Waals surface area (Å²) in [6, 6.07) is 0. The molecule has 0 aliphatic heterocycles. The highest BCUT2D eigenvalue weighted by Gasteiger charge is 2.07. The second-order valence-electron chi connectivity index (χ2n) is 1.89. The highest BCUT2D eigenvalue weighted by Crippen LogP contribution is 1.91. The van der Waals surface area contributed by atoms with E-state index >= 15 is 0 Å². The van der Waals surface area contributed by atoms with E-state index in [-0.39, 0.29) is 11.8 Å². The quantitative estimate of drug-likeness (QED) is 0.544. The monoisotopic (exact) mass is 141 g/mol. The van der Waals surface area contributed by atoms with E-state index in [0.29, 0.717) is 0 Å². The van der Waals surface area contributed by atoms with E-state index in [1.807, 2.05) is 0 Å². The van der Waals surface area contributed by atoms with Crippen LogP contribution in [0.3, 0.4) is 0 Å². The van der Waals surface area contributed by atoms with Gasteiger partial charge < -0.3 is 0 Å². The van der Waals surface area contributed by atoms with Crippen molar-refractivity contribution in [2.24, 2.45) is 0 Å². The van der Waals surface area contributed by atoms with Crippen LogP contribution in [-0.4, -0.2) is 16.7 Å². The number of hydrogen-bond donors (Lipinski definition) is 0. The zero-order chi connectivity index (χ0) is 8.15. The van der Waals surface area contributed by atoms with Crippen LogP contribution in [-0.2, 0) is 9.59 Å². The molecule has 0 radical (unpaired) electrons. The summed E-state index contributed by atoms with van der Waals surface area (Å²) in [5.41, 5.74) is 0. The highest BCUT2D eigenvalue weighted by molar-refractivity contribution is 5.94. The molecule has 3 nitrogen and oxygen atoms in total. The second kappa shape index (κ2) is 3.82. The number of allylic oxidation sites excluding steroid dienone is 1. The fourth-order valence-electron chi connectivity index (χ4n) is 0.581. The summed E-state index contributed by atoms with van der Waals surface area (Å²) >= 11 is 0. The first-order valence-electron chi connectivity index (χ1n) is 3.02. The lowest BCUT2D eigenvalue weighted by Crippen LogP contribution is -2.27. The normalized spacial score (nSPS) is 9.90. The van der Waals surface area contributed by atoms with Gasteiger partial charge in [-0.3, -0.25) is 14.5 Å². The van der Waals surface area contributed by atoms with Crippen molar-refractivity contribution in [2.45, 2.75) is 20.8 Å². The lowest BCUT2D eigenvalue weighted by atomic mass is 10.5. The van der Waals surface area contributed by atoms with Crippen molar-refractivity contribution in [3.8, 4) is 0 Å². The molecular weight excluding hydrogens is 130 g/mol. The van der Waals surface area contributed by atoms with Crippen LogP contribution < -0.4 is 0 Å². The smallest absolute Gasteiger partial charge is 0.230 e. The SMILES string of the molecule is C/C=C/N(C(C)=O)C(C)=O. The third-order valence-corrected chi connectivity index (χ3v) is 0.977. The van der Waals surface area contributed by atoms with Crippen molar-refractivity contribution < 1.29 is 9.59 Å². The summed E-state index contributed by atoms with van der Waals surface area (Å²) in [5.74, 6) is -0.517. The maximum absolute atomic E-state index is 10.6. The van der Waals surface area contributed by atoms with Crippen LogP contribution in [0.2, 0.25) is 0 Å². The van der Waals surface area contributed by atoms with Gasteiger partial charge in [0, 0.05) is 20.0 Å². The Hall–Kier alpha value is -1.12. The number of hydrogen-bond acceptors (Lipinski definition) is 2. The predicted octanol–water partition coefficient (Wildman–Crippen LogP) is 0.915. The molecule has 0 atom stereocenters. The van der Waals surface area contributed by atoms with Crippen molar-refractivity contribution in [1.82, 2.24) is 4.90 Å². The minimum atomic E-state index is -0.259. The lowest BCUT2D eigenvalue weighted by Gasteiger charge is -2.09. The zero-order valence-corrected chi connectivity index (χ0v) is 6.42. The molecule has 0 aliphatic rings. The van der Waals surface area contributed by atoms with Gasteiger partial charge >= 0.3 is 0 Å². The van der Waals surface area contributed by atoms with Gasteiger partial charge in [0.1, 0.15) is 0 Å². The van der Waals surface area contributed by atoms with Crippen LogP contribution in [0.1, 0.15) is 20.8 Å². The Balaban J connectivity index is 4.27. The molecule has 0 saturated heterocycles. The Morgan fingerprint density at radius 3 is 1.70 bits per heavy atom. The Morgan fingerprint density at radius 1 is 1.20 bits per heavy atom. The van der Waals surface area contributed by atoms with Crippen LogP contribution in [0.15, 0.2) is 12.3 Å². The van der Waals surface area contributed by atoms with Gasteiger partial charge in [-0.25, -0.2) is 0 Å². The van der Waals surface area contributed by atoms with Gasteiger partial charge in [0.2, 0.25) is 11.8 Å². The standard InChI is InChI=1S/C7H11NO2/c1-4-5-8(6(2)9)7(3)10/h4-5H,1-3H3/b5-4+. The molecule has 3 heteroatoms. The van der Waals surface area contributed by atoms with Gasteiger partial charge in [-0.1, -0.05) is 6.08 Å². The number of nitrogens with zero attached hydrogens (tertiary/aromatic N) is 1. The van der Waals surface area contributed by atoms with E-state index in [9.17, 15) is 9.59 Å². The van der Waals surface area contributed by atoms with Crippen LogP contribution in [0.4, 0.5) is 0 Å². The van der Waals surface area contributed by atoms with Gasteiger partial charge in [0.25, 0.3) is 0 Å². The molecule has 0 aromatic heterocycles. The number of rotatable bonds is 1. The van der Waals surface area contributed by atoms with Crippen molar-refractivity contribution in [3.63, 3.8) is 0 Å². The molecule has 0 aliphatic carbocycles. The molecule has 0 spiro atoms. The maximum atomic E-state index is 10.6. The molecule has 0 heterocycles.